The van der Waals surface area contributed by atoms with Crippen LogP contribution in [0.15, 0.2) is 23.1 Å². The number of sulfonamides is 1. The highest BCUT2D eigenvalue weighted by atomic mass is 32.2. The van der Waals surface area contributed by atoms with Gasteiger partial charge in [0.1, 0.15) is 0 Å². The van der Waals surface area contributed by atoms with Crippen molar-refractivity contribution in [3.63, 3.8) is 0 Å². The maximum absolute atomic E-state index is 12.4. The van der Waals surface area contributed by atoms with Crippen LogP contribution in [0.4, 0.5) is 0 Å². The number of aryl methyl sites for hydroxylation is 1. The van der Waals surface area contributed by atoms with Gasteiger partial charge in [-0.25, -0.2) is 17.9 Å². The molecule has 1 aliphatic heterocycles. The molecule has 22 heavy (non-hydrogen) atoms. The molecule has 7 heteroatoms. The Bertz CT molecular complexity index is 635. The molecule has 0 radical (unpaired) electrons. The van der Waals surface area contributed by atoms with Crippen LogP contribution in [0.25, 0.3) is 0 Å². The lowest BCUT2D eigenvalue weighted by Crippen LogP contribution is -2.28. The Labute approximate surface area is 130 Å². The van der Waals surface area contributed by atoms with E-state index in [4.69, 9.17) is 4.74 Å². The van der Waals surface area contributed by atoms with Crippen LogP contribution in [0.3, 0.4) is 0 Å². The van der Waals surface area contributed by atoms with Gasteiger partial charge in [0, 0.05) is 13.2 Å². The minimum absolute atomic E-state index is 0.0998. The maximum Gasteiger partial charge on any atom is 0.337 e. The van der Waals surface area contributed by atoms with E-state index in [9.17, 15) is 13.2 Å². The fourth-order valence-corrected chi connectivity index (χ4v) is 3.75. The second kappa shape index (κ2) is 7.21. The third-order valence-corrected chi connectivity index (χ3v) is 5.28. The van der Waals surface area contributed by atoms with E-state index in [1.807, 2.05) is 0 Å². The third kappa shape index (κ3) is 4.06. The molecule has 1 saturated heterocycles. The first-order valence-corrected chi connectivity index (χ1v) is 8.72. The highest BCUT2D eigenvalue weighted by Gasteiger charge is 2.21. The number of carbonyl (C=O) groups excluding carboxylic acids is 1. The zero-order chi connectivity index (χ0) is 16.2. The van der Waals surface area contributed by atoms with E-state index in [0.717, 1.165) is 19.4 Å². The van der Waals surface area contributed by atoms with Crippen molar-refractivity contribution in [2.75, 3.05) is 20.3 Å². The first kappa shape index (κ1) is 16.9. The molecular formula is C15H21NO5S. The largest absolute Gasteiger partial charge is 0.465 e. The van der Waals surface area contributed by atoms with Crippen LogP contribution in [0.5, 0.6) is 0 Å². The average molecular weight is 327 g/mol. The number of hydrogen-bond acceptors (Lipinski definition) is 5. The Balaban J connectivity index is 2.08. The van der Waals surface area contributed by atoms with Crippen molar-refractivity contribution in [3.8, 4) is 0 Å². The normalized spacial score (nSPS) is 18.4. The van der Waals surface area contributed by atoms with E-state index >= 15 is 0 Å². The van der Waals surface area contributed by atoms with E-state index < -0.39 is 16.0 Å². The summed E-state index contributed by atoms with van der Waals surface area (Å²) < 4.78 is 37.4. The molecule has 0 amide bonds. The van der Waals surface area contributed by atoms with Crippen LogP contribution in [0.2, 0.25) is 0 Å². The number of hydrogen-bond donors (Lipinski definition) is 1. The number of esters is 1. The lowest BCUT2D eigenvalue weighted by molar-refractivity contribution is 0.0600. The molecule has 1 aromatic carbocycles. The molecule has 0 aromatic heterocycles. The van der Waals surface area contributed by atoms with Gasteiger partial charge in [0.2, 0.25) is 10.0 Å². The quantitative estimate of drug-likeness (QED) is 0.803. The molecule has 0 saturated carbocycles. The van der Waals surface area contributed by atoms with Gasteiger partial charge >= 0.3 is 5.97 Å². The Hall–Kier alpha value is -1.44. The van der Waals surface area contributed by atoms with Crippen molar-refractivity contribution < 1.29 is 22.7 Å². The second-order valence-corrected chi connectivity index (χ2v) is 7.03. The molecule has 2 rings (SSSR count). The van der Waals surface area contributed by atoms with Gasteiger partial charge in [0.15, 0.2) is 0 Å². The third-order valence-electron chi connectivity index (χ3n) is 3.68. The van der Waals surface area contributed by atoms with E-state index in [2.05, 4.69) is 9.46 Å². The lowest BCUT2D eigenvalue weighted by Gasteiger charge is -2.12. The number of carbonyl (C=O) groups is 1. The minimum atomic E-state index is -3.66. The van der Waals surface area contributed by atoms with Crippen molar-refractivity contribution >= 4 is 16.0 Å². The standard InChI is InChI=1S/C15H21NO5S/c1-11-5-6-12(15(17)20-2)10-14(11)22(18,19)16-8-7-13-4-3-9-21-13/h5-6,10,13,16H,3-4,7-9H2,1-2H3/t13-/m1/s1. The summed E-state index contributed by atoms with van der Waals surface area (Å²) in [6, 6.07) is 4.49. The van der Waals surface area contributed by atoms with Crippen LogP contribution in [0, 0.1) is 6.92 Å². The molecule has 0 spiro atoms. The summed E-state index contributed by atoms with van der Waals surface area (Å²) >= 11 is 0. The zero-order valence-electron chi connectivity index (χ0n) is 12.8. The van der Waals surface area contributed by atoms with E-state index in [1.54, 1.807) is 19.1 Å². The van der Waals surface area contributed by atoms with Crippen molar-refractivity contribution in [2.45, 2.75) is 37.2 Å². The number of ether oxygens (including phenoxy) is 2. The summed E-state index contributed by atoms with van der Waals surface area (Å²) in [5.74, 6) is -0.559. The number of nitrogens with one attached hydrogen (secondary N) is 1. The first-order valence-electron chi connectivity index (χ1n) is 7.24. The van der Waals surface area contributed by atoms with Crippen LogP contribution in [0.1, 0.15) is 35.2 Å². The Morgan fingerprint density at radius 1 is 1.45 bits per heavy atom. The van der Waals surface area contributed by atoms with Gasteiger partial charge in [-0.2, -0.15) is 0 Å². The van der Waals surface area contributed by atoms with Gasteiger partial charge in [-0.05, 0) is 43.9 Å². The van der Waals surface area contributed by atoms with Crippen molar-refractivity contribution in [3.05, 3.63) is 29.3 Å². The summed E-state index contributed by atoms with van der Waals surface area (Å²) in [5, 5.41) is 0. The predicted molar refractivity (Wildman–Crippen MR) is 81.3 cm³/mol. The van der Waals surface area contributed by atoms with Gasteiger partial charge in [0.05, 0.1) is 23.7 Å². The topological polar surface area (TPSA) is 81.7 Å². The highest BCUT2D eigenvalue weighted by molar-refractivity contribution is 7.89. The highest BCUT2D eigenvalue weighted by Crippen LogP contribution is 2.19. The molecular weight excluding hydrogens is 306 g/mol. The van der Waals surface area contributed by atoms with Crippen LogP contribution in [-0.4, -0.2) is 40.8 Å². The Kier molecular flexibility index (Phi) is 5.55. The van der Waals surface area contributed by atoms with E-state index in [1.165, 1.54) is 13.2 Å². The van der Waals surface area contributed by atoms with E-state index in [-0.39, 0.29) is 16.6 Å². The lowest BCUT2D eigenvalue weighted by atomic mass is 10.1. The van der Waals surface area contributed by atoms with Crippen molar-refractivity contribution in [2.24, 2.45) is 0 Å². The molecule has 1 heterocycles. The summed E-state index contributed by atoms with van der Waals surface area (Å²) in [4.78, 5) is 11.6. The fourth-order valence-electron chi connectivity index (χ4n) is 2.44. The molecule has 122 valence electrons. The number of benzene rings is 1. The fraction of sp³-hybridized carbons (Fsp3) is 0.533. The average Bonchev–Trinajstić information content (AvgIpc) is 3.00. The van der Waals surface area contributed by atoms with Gasteiger partial charge in [-0.15, -0.1) is 0 Å². The summed E-state index contributed by atoms with van der Waals surface area (Å²) in [5.41, 5.74) is 0.796. The second-order valence-electron chi connectivity index (χ2n) is 5.29. The predicted octanol–water partition coefficient (Wildman–Crippen LogP) is 1.63. The molecule has 1 fully saturated rings. The molecule has 6 nitrogen and oxygen atoms in total. The molecule has 1 aliphatic rings. The molecule has 0 unspecified atom stereocenters. The van der Waals surface area contributed by atoms with Crippen molar-refractivity contribution in [1.82, 2.24) is 4.72 Å². The van der Waals surface area contributed by atoms with Crippen LogP contribution >= 0.6 is 0 Å². The Morgan fingerprint density at radius 3 is 2.86 bits per heavy atom. The van der Waals surface area contributed by atoms with E-state index in [0.29, 0.717) is 18.5 Å². The minimum Gasteiger partial charge on any atom is -0.465 e. The molecule has 0 bridgehead atoms. The molecule has 1 aromatic rings. The van der Waals surface area contributed by atoms with Crippen LogP contribution < -0.4 is 4.72 Å². The van der Waals surface area contributed by atoms with Gasteiger partial charge < -0.3 is 9.47 Å². The zero-order valence-corrected chi connectivity index (χ0v) is 13.6. The summed E-state index contributed by atoms with van der Waals surface area (Å²) in [6.07, 6.45) is 2.77. The summed E-state index contributed by atoms with van der Waals surface area (Å²) in [7, 11) is -2.40. The molecule has 1 N–H and O–H groups in total. The number of methoxy groups -OCH3 is 1. The number of rotatable bonds is 6. The SMILES string of the molecule is COC(=O)c1ccc(C)c(S(=O)(=O)NCC[C@H]2CCCO2)c1. The summed E-state index contributed by atoms with van der Waals surface area (Å²) in [6.45, 7) is 2.75. The van der Waals surface area contributed by atoms with Gasteiger partial charge in [-0.3, -0.25) is 0 Å². The monoisotopic (exact) mass is 327 g/mol. The van der Waals surface area contributed by atoms with Gasteiger partial charge in [-0.1, -0.05) is 6.07 Å². The smallest absolute Gasteiger partial charge is 0.337 e. The van der Waals surface area contributed by atoms with Gasteiger partial charge in [0.25, 0.3) is 0 Å². The van der Waals surface area contributed by atoms with Crippen molar-refractivity contribution in [1.29, 1.82) is 0 Å². The maximum atomic E-state index is 12.4. The molecule has 1 atom stereocenters. The molecule has 0 aliphatic carbocycles. The first-order chi connectivity index (χ1) is 10.4. The van der Waals surface area contributed by atoms with Crippen LogP contribution in [-0.2, 0) is 19.5 Å². The Morgan fingerprint density at radius 2 is 2.23 bits per heavy atom.